The predicted molar refractivity (Wildman–Crippen MR) is 105 cm³/mol. The zero-order valence-corrected chi connectivity index (χ0v) is 17.1. The Bertz CT molecular complexity index is 815. The van der Waals surface area contributed by atoms with Gasteiger partial charge in [-0.25, -0.2) is 4.98 Å². The normalized spacial score (nSPS) is 21.6. The maximum absolute atomic E-state index is 13.0. The van der Waals surface area contributed by atoms with Crippen molar-refractivity contribution in [2.75, 3.05) is 26.2 Å². The van der Waals surface area contributed by atoms with Gasteiger partial charge in [-0.05, 0) is 45.7 Å². The number of fused-ring (bicyclic) bond motifs is 2. The van der Waals surface area contributed by atoms with Crippen LogP contribution in [0.15, 0.2) is 28.9 Å². The summed E-state index contributed by atoms with van der Waals surface area (Å²) < 4.78 is 14.4. The number of hydrogen-bond acceptors (Lipinski definition) is 5. The fraction of sp³-hybridized carbons (Fsp3) is 0.619. The van der Waals surface area contributed by atoms with Gasteiger partial charge in [0, 0.05) is 38.6 Å². The Labute approximate surface area is 166 Å². The van der Waals surface area contributed by atoms with Gasteiger partial charge in [0.25, 0.3) is 5.91 Å². The molecule has 2 aliphatic rings. The molecular weight excluding hydrogens is 356 g/mol. The fourth-order valence-corrected chi connectivity index (χ4v) is 4.47. The first-order valence-corrected chi connectivity index (χ1v) is 10.3. The number of nitrogens with zero attached hydrogens (tertiary/aromatic N) is 4. The molecule has 0 saturated carbocycles. The standard InChI is InChI=1S/C21H30N4O3/c1-4-24(5-2)19(26)18-15-25-13-10-22-20(25)21(28-18)8-11-23(12-9-21)14-17-7-6-16(3)27-17/h6-7,10,13,18H,4-5,8-9,11-12,14-15H2,1-3H3. The van der Waals surface area contributed by atoms with E-state index in [1.165, 1.54) is 0 Å². The summed E-state index contributed by atoms with van der Waals surface area (Å²) >= 11 is 0. The molecule has 1 spiro atoms. The first-order chi connectivity index (χ1) is 13.5. The van der Waals surface area contributed by atoms with Gasteiger partial charge in [-0.15, -0.1) is 0 Å². The highest BCUT2D eigenvalue weighted by atomic mass is 16.5. The van der Waals surface area contributed by atoms with E-state index in [4.69, 9.17) is 9.15 Å². The Balaban J connectivity index is 1.49. The first kappa shape index (κ1) is 19.2. The molecule has 0 N–H and O–H groups in total. The topological polar surface area (TPSA) is 63.7 Å². The fourth-order valence-electron chi connectivity index (χ4n) is 4.47. The number of carbonyl (C=O) groups is 1. The summed E-state index contributed by atoms with van der Waals surface area (Å²) in [4.78, 5) is 21.8. The molecule has 0 bridgehead atoms. The van der Waals surface area contributed by atoms with Crippen LogP contribution < -0.4 is 0 Å². The van der Waals surface area contributed by atoms with Crippen LogP contribution in [0.4, 0.5) is 0 Å². The second kappa shape index (κ2) is 7.72. The van der Waals surface area contributed by atoms with Crippen molar-refractivity contribution in [1.82, 2.24) is 19.4 Å². The Hall–Kier alpha value is -2.12. The van der Waals surface area contributed by atoms with Gasteiger partial charge in [-0.3, -0.25) is 9.69 Å². The van der Waals surface area contributed by atoms with Crippen LogP contribution in [-0.4, -0.2) is 57.5 Å². The molecule has 7 nitrogen and oxygen atoms in total. The third-order valence-electron chi connectivity index (χ3n) is 6.04. The van der Waals surface area contributed by atoms with Gasteiger partial charge < -0.3 is 18.6 Å². The minimum atomic E-state index is -0.481. The SMILES string of the molecule is CCN(CC)C(=O)C1Cn2ccnc2C2(CCN(Cc3ccc(C)o3)CC2)O1. The molecular formula is C21H30N4O3. The van der Waals surface area contributed by atoms with E-state index in [-0.39, 0.29) is 5.91 Å². The van der Waals surface area contributed by atoms with Crippen LogP contribution in [0.2, 0.25) is 0 Å². The number of furan rings is 1. The van der Waals surface area contributed by atoms with E-state index in [2.05, 4.69) is 14.5 Å². The van der Waals surface area contributed by atoms with Gasteiger partial charge >= 0.3 is 0 Å². The van der Waals surface area contributed by atoms with E-state index in [9.17, 15) is 4.79 Å². The van der Waals surface area contributed by atoms with Crippen molar-refractivity contribution in [3.63, 3.8) is 0 Å². The molecule has 0 radical (unpaired) electrons. The summed E-state index contributed by atoms with van der Waals surface area (Å²) in [6.45, 7) is 10.5. The highest BCUT2D eigenvalue weighted by Crippen LogP contribution is 2.40. The lowest BCUT2D eigenvalue weighted by Crippen LogP contribution is -2.54. The number of likely N-dealkylation sites (tertiary alicyclic amines) is 1. The minimum Gasteiger partial charge on any atom is -0.465 e. The summed E-state index contributed by atoms with van der Waals surface area (Å²) in [5, 5.41) is 0. The lowest BCUT2D eigenvalue weighted by atomic mass is 9.88. The molecule has 2 aliphatic heterocycles. The summed E-state index contributed by atoms with van der Waals surface area (Å²) in [6.07, 6.45) is 5.00. The van der Waals surface area contributed by atoms with E-state index in [1.807, 2.05) is 50.2 Å². The summed E-state index contributed by atoms with van der Waals surface area (Å²) in [5.41, 5.74) is -0.481. The number of hydrogen-bond donors (Lipinski definition) is 0. The quantitative estimate of drug-likeness (QED) is 0.790. The number of aryl methyl sites for hydroxylation is 1. The van der Waals surface area contributed by atoms with Crippen LogP contribution in [-0.2, 0) is 28.2 Å². The van der Waals surface area contributed by atoms with E-state index in [0.29, 0.717) is 19.6 Å². The van der Waals surface area contributed by atoms with Gasteiger partial charge in [-0.1, -0.05) is 0 Å². The monoisotopic (exact) mass is 386 g/mol. The lowest BCUT2D eigenvalue weighted by Gasteiger charge is -2.46. The van der Waals surface area contributed by atoms with Crippen LogP contribution >= 0.6 is 0 Å². The molecule has 7 heteroatoms. The molecule has 2 aromatic heterocycles. The number of likely N-dealkylation sites (N-methyl/N-ethyl adjacent to an activating group) is 1. The zero-order chi connectivity index (χ0) is 19.7. The number of amides is 1. The van der Waals surface area contributed by atoms with Gasteiger partial charge in [0.2, 0.25) is 0 Å². The molecule has 152 valence electrons. The largest absolute Gasteiger partial charge is 0.465 e. The summed E-state index contributed by atoms with van der Waals surface area (Å²) in [5.74, 6) is 2.98. The van der Waals surface area contributed by atoms with E-state index in [1.54, 1.807) is 0 Å². The Morgan fingerprint density at radius 1 is 1.29 bits per heavy atom. The van der Waals surface area contributed by atoms with E-state index < -0.39 is 11.7 Å². The molecule has 1 amide bonds. The van der Waals surface area contributed by atoms with Gasteiger partial charge in [0.15, 0.2) is 6.10 Å². The van der Waals surface area contributed by atoms with Crippen LogP contribution in [0, 0.1) is 6.92 Å². The molecule has 1 unspecified atom stereocenters. The zero-order valence-electron chi connectivity index (χ0n) is 17.1. The van der Waals surface area contributed by atoms with E-state index >= 15 is 0 Å². The highest BCUT2D eigenvalue weighted by Gasteiger charge is 2.47. The number of imidazole rings is 1. The Morgan fingerprint density at radius 2 is 2.04 bits per heavy atom. The van der Waals surface area contributed by atoms with Crippen molar-refractivity contribution in [2.45, 2.75) is 58.4 Å². The van der Waals surface area contributed by atoms with Crippen molar-refractivity contribution in [1.29, 1.82) is 0 Å². The molecule has 4 heterocycles. The van der Waals surface area contributed by atoms with Crippen molar-refractivity contribution in [2.24, 2.45) is 0 Å². The van der Waals surface area contributed by atoms with Gasteiger partial charge in [0.05, 0.1) is 13.1 Å². The predicted octanol–water partition coefficient (Wildman–Crippen LogP) is 2.54. The third-order valence-corrected chi connectivity index (χ3v) is 6.04. The molecule has 0 aromatic carbocycles. The second-order valence-corrected chi connectivity index (χ2v) is 7.80. The molecule has 2 aromatic rings. The Morgan fingerprint density at radius 3 is 2.68 bits per heavy atom. The maximum atomic E-state index is 13.0. The van der Waals surface area contributed by atoms with Crippen LogP contribution in [0.5, 0.6) is 0 Å². The number of aromatic nitrogens is 2. The van der Waals surface area contributed by atoms with Gasteiger partial charge in [-0.2, -0.15) is 0 Å². The molecule has 1 fully saturated rings. The summed E-state index contributed by atoms with van der Waals surface area (Å²) in [7, 11) is 0. The molecule has 0 aliphatic carbocycles. The summed E-state index contributed by atoms with van der Waals surface area (Å²) in [6, 6.07) is 4.05. The number of rotatable bonds is 5. The minimum absolute atomic E-state index is 0.0808. The molecule has 1 saturated heterocycles. The molecule has 1 atom stereocenters. The lowest BCUT2D eigenvalue weighted by molar-refractivity contribution is -0.181. The molecule has 28 heavy (non-hydrogen) atoms. The van der Waals surface area contributed by atoms with Crippen LogP contribution in [0.3, 0.4) is 0 Å². The highest BCUT2D eigenvalue weighted by molar-refractivity contribution is 5.81. The number of carbonyl (C=O) groups excluding carboxylic acids is 1. The average Bonchev–Trinajstić information content (AvgIpc) is 3.34. The average molecular weight is 386 g/mol. The first-order valence-electron chi connectivity index (χ1n) is 10.3. The maximum Gasteiger partial charge on any atom is 0.253 e. The smallest absolute Gasteiger partial charge is 0.253 e. The molecule has 4 rings (SSSR count). The Kier molecular flexibility index (Phi) is 5.29. The second-order valence-electron chi connectivity index (χ2n) is 7.80. The van der Waals surface area contributed by atoms with Crippen molar-refractivity contribution < 1.29 is 13.9 Å². The van der Waals surface area contributed by atoms with Crippen molar-refractivity contribution >= 4 is 5.91 Å². The van der Waals surface area contributed by atoms with Gasteiger partial charge in [0.1, 0.15) is 22.9 Å². The number of ether oxygens (including phenoxy) is 1. The van der Waals surface area contributed by atoms with Crippen LogP contribution in [0.25, 0.3) is 0 Å². The number of piperidine rings is 1. The third kappa shape index (κ3) is 3.49. The van der Waals surface area contributed by atoms with E-state index in [0.717, 1.165) is 49.8 Å². The van der Waals surface area contributed by atoms with Crippen LogP contribution in [0.1, 0.15) is 44.0 Å². The van der Waals surface area contributed by atoms with Crippen molar-refractivity contribution in [3.8, 4) is 0 Å². The van der Waals surface area contributed by atoms with Crippen molar-refractivity contribution in [3.05, 3.63) is 41.9 Å².